The number of aliphatic hydroxyl groups excluding tert-OH is 1. The maximum atomic E-state index is 11.5. The highest BCUT2D eigenvalue weighted by atomic mass is 127. The Hall–Kier alpha value is -0.493. The van der Waals surface area contributed by atoms with E-state index in [1.807, 2.05) is 12.1 Å². The van der Waals surface area contributed by atoms with Gasteiger partial charge in [-0.2, -0.15) is 0 Å². The smallest absolute Gasteiger partial charge is 0.192 e. The zero-order valence-electron chi connectivity index (χ0n) is 30.7. The largest absolute Gasteiger partial charge is 0.497 e. The van der Waals surface area contributed by atoms with Crippen molar-refractivity contribution >= 4 is 30.9 Å². The van der Waals surface area contributed by atoms with Crippen molar-refractivity contribution in [2.45, 2.75) is 161 Å². The van der Waals surface area contributed by atoms with Gasteiger partial charge in [0.2, 0.25) is 0 Å². The van der Waals surface area contributed by atoms with E-state index in [2.05, 4.69) is 113 Å². The summed E-state index contributed by atoms with van der Waals surface area (Å²) in [7, 11) is -0.385. The summed E-state index contributed by atoms with van der Waals surface area (Å²) in [6.45, 7) is 23.4. The van der Waals surface area contributed by atoms with Crippen LogP contribution in [0.4, 0.5) is 0 Å². The van der Waals surface area contributed by atoms with E-state index in [1.54, 1.807) is 7.11 Å². The monoisotopic (exact) mass is 772 g/mol. The van der Waals surface area contributed by atoms with Gasteiger partial charge in [-0.1, -0.05) is 96.2 Å². The standard InChI is InChI=1S/C38H65IO6Si/c1-12-31(42-25-29-13-15-32(41-9)16-14-29)22-34-27(4)17-19-38(43-34)24-33(40)28(5)35(44-38)23-36(30(18-20-39)21-26(2)3)45-46(10,11)37(6,7)8/h13-16,18,20,26-28,30-31,33-36,40H,12,17,19,21-25H2,1-11H3/b20-18+/t27-,28-,30+,31+,33-,34-,35-,36+,38+/m0/s1. The Balaban J connectivity index is 1.78. The number of hydrogen-bond acceptors (Lipinski definition) is 6. The first-order valence-corrected chi connectivity index (χ1v) is 21.9. The van der Waals surface area contributed by atoms with Crippen LogP contribution in [-0.4, -0.2) is 56.8 Å². The molecule has 3 rings (SSSR count). The highest BCUT2D eigenvalue weighted by Gasteiger charge is 2.51. The maximum absolute atomic E-state index is 11.5. The van der Waals surface area contributed by atoms with Crippen LogP contribution in [0.1, 0.15) is 106 Å². The Bertz CT molecular complexity index is 1070. The second kappa shape index (κ2) is 17.4. The van der Waals surface area contributed by atoms with Crippen molar-refractivity contribution in [1.82, 2.24) is 0 Å². The number of rotatable bonds is 15. The molecule has 0 bridgehead atoms. The average molecular weight is 773 g/mol. The zero-order chi connectivity index (χ0) is 34.3. The van der Waals surface area contributed by atoms with Gasteiger partial charge in [-0.25, -0.2) is 0 Å². The number of halogens is 1. The lowest BCUT2D eigenvalue weighted by atomic mass is 9.79. The van der Waals surface area contributed by atoms with Gasteiger partial charge in [-0.15, -0.1) is 0 Å². The van der Waals surface area contributed by atoms with Crippen LogP contribution in [-0.2, 0) is 25.2 Å². The van der Waals surface area contributed by atoms with Gasteiger partial charge in [0.1, 0.15) is 5.75 Å². The molecule has 2 saturated heterocycles. The van der Waals surface area contributed by atoms with Crippen molar-refractivity contribution in [2.24, 2.45) is 23.7 Å². The molecule has 8 heteroatoms. The summed E-state index contributed by atoms with van der Waals surface area (Å²) in [4.78, 5) is 0. The average Bonchev–Trinajstić information content (AvgIpc) is 2.98. The minimum Gasteiger partial charge on any atom is -0.497 e. The van der Waals surface area contributed by atoms with E-state index in [9.17, 15) is 5.11 Å². The third kappa shape index (κ3) is 11.0. The van der Waals surface area contributed by atoms with Crippen LogP contribution >= 0.6 is 22.6 Å². The molecule has 6 nitrogen and oxygen atoms in total. The lowest BCUT2D eigenvalue weighted by molar-refractivity contribution is -0.349. The summed E-state index contributed by atoms with van der Waals surface area (Å²) < 4.78 is 35.1. The van der Waals surface area contributed by atoms with Crippen LogP contribution < -0.4 is 4.74 Å². The molecule has 2 fully saturated rings. The SMILES string of the molecule is CC[C@H](C[C@@H]1O[C@@]2(CC[C@@H]1C)C[C@H](O)[C@H](C)[C@H](C[C@@H](O[Si](C)(C)C(C)(C)C)[C@H](/C=C/I)CC(C)C)O2)OCc1ccc(OC)cc1. The number of benzene rings is 1. The molecule has 2 aliphatic rings. The van der Waals surface area contributed by atoms with Crippen molar-refractivity contribution < 1.29 is 28.5 Å². The zero-order valence-corrected chi connectivity index (χ0v) is 33.8. The fourth-order valence-corrected chi connectivity index (χ4v) is 8.60. The van der Waals surface area contributed by atoms with Crippen LogP contribution in [0.25, 0.3) is 0 Å². The van der Waals surface area contributed by atoms with E-state index < -0.39 is 20.2 Å². The Morgan fingerprint density at radius 2 is 1.74 bits per heavy atom. The Morgan fingerprint density at radius 1 is 1.09 bits per heavy atom. The molecule has 0 amide bonds. The quantitative estimate of drug-likeness (QED) is 0.142. The summed E-state index contributed by atoms with van der Waals surface area (Å²) in [6, 6.07) is 8.07. The first-order valence-electron chi connectivity index (χ1n) is 17.8. The number of methoxy groups -OCH3 is 1. The van der Waals surface area contributed by atoms with Crippen LogP contribution in [0, 0.1) is 23.7 Å². The van der Waals surface area contributed by atoms with E-state index in [4.69, 9.17) is 23.4 Å². The highest BCUT2D eigenvalue weighted by Crippen LogP contribution is 2.46. The molecule has 2 aliphatic heterocycles. The van der Waals surface area contributed by atoms with Gasteiger partial charge >= 0.3 is 0 Å². The predicted octanol–water partition coefficient (Wildman–Crippen LogP) is 10.1. The first kappa shape index (κ1) is 39.9. The molecule has 0 radical (unpaired) electrons. The van der Waals surface area contributed by atoms with Crippen LogP contribution in [0.3, 0.4) is 0 Å². The van der Waals surface area contributed by atoms with Gasteiger partial charge in [-0.3, -0.25) is 0 Å². The molecule has 0 aromatic heterocycles. The van der Waals surface area contributed by atoms with Crippen LogP contribution in [0.15, 0.2) is 34.4 Å². The molecule has 1 spiro atoms. The van der Waals surface area contributed by atoms with E-state index in [-0.39, 0.29) is 41.3 Å². The van der Waals surface area contributed by atoms with Gasteiger partial charge in [0.25, 0.3) is 0 Å². The Labute approximate surface area is 296 Å². The molecule has 0 saturated carbocycles. The minimum atomic E-state index is -2.07. The molecule has 1 N–H and O–H groups in total. The van der Waals surface area contributed by atoms with E-state index in [1.165, 1.54) is 0 Å². The third-order valence-corrected chi connectivity index (χ3v) is 15.8. The summed E-state index contributed by atoms with van der Waals surface area (Å²) in [5, 5.41) is 11.6. The van der Waals surface area contributed by atoms with E-state index in [0.29, 0.717) is 24.9 Å². The van der Waals surface area contributed by atoms with Crippen LogP contribution in [0.5, 0.6) is 5.75 Å². The summed E-state index contributed by atoms with van der Waals surface area (Å²) in [5.74, 6) is 1.29. The minimum absolute atomic E-state index is 0.00274. The van der Waals surface area contributed by atoms with Gasteiger partial charge in [-0.05, 0) is 77.4 Å². The van der Waals surface area contributed by atoms with E-state index in [0.717, 1.165) is 49.8 Å². The highest BCUT2D eigenvalue weighted by molar-refractivity contribution is 14.1. The lowest BCUT2D eigenvalue weighted by Gasteiger charge is -2.52. The number of hydrogen-bond donors (Lipinski definition) is 1. The Kier molecular flexibility index (Phi) is 15.1. The van der Waals surface area contributed by atoms with Crippen molar-refractivity contribution in [3.05, 3.63) is 40.0 Å². The van der Waals surface area contributed by atoms with Gasteiger partial charge in [0.05, 0.1) is 44.2 Å². The summed E-state index contributed by atoms with van der Waals surface area (Å²) in [5.41, 5.74) is 1.13. The maximum Gasteiger partial charge on any atom is 0.192 e. The van der Waals surface area contributed by atoms with Gasteiger partial charge in [0.15, 0.2) is 14.1 Å². The molecule has 0 aliphatic carbocycles. The topological polar surface area (TPSA) is 66.4 Å². The second-order valence-corrected chi connectivity index (χ2v) is 21.5. The van der Waals surface area contributed by atoms with E-state index >= 15 is 0 Å². The van der Waals surface area contributed by atoms with Crippen molar-refractivity contribution in [1.29, 1.82) is 0 Å². The normalized spacial score (nSPS) is 29.7. The fraction of sp³-hybridized carbons (Fsp3) is 0.789. The van der Waals surface area contributed by atoms with Crippen molar-refractivity contribution in [2.75, 3.05) is 7.11 Å². The molecule has 1 aromatic rings. The molecule has 264 valence electrons. The third-order valence-electron chi connectivity index (χ3n) is 10.9. The fourth-order valence-electron chi connectivity index (χ4n) is 6.68. The van der Waals surface area contributed by atoms with Gasteiger partial charge in [0, 0.05) is 31.1 Å². The summed E-state index contributed by atoms with van der Waals surface area (Å²) >= 11 is 2.34. The predicted molar refractivity (Wildman–Crippen MR) is 200 cm³/mol. The van der Waals surface area contributed by atoms with Crippen molar-refractivity contribution in [3.63, 3.8) is 0 Å². The molecule has 46 heavy (non-hydrogen) atoms. The molecule has 0 unspecified atom stereocenters. The lowest BCUT2D eigenvalue weighted by Crippen LogP contribution is -2.57. The molecule has 1 aromatic carbocycles. The molecular formula is C38H65IO6Si. The number of aliphatic hydroxyl groups is 1. The first-order chi connectivity index (χ1) is 21.5. The molecule has 9 atom stereocenters. The molecule has 2 heterocycles. The molecular weight excluding hydrogens is 707 g/mol. The van der Waals surface area contributed by atoms with Crippen LogP contribution in [0.2, 0.25) is 18.1 Å². The summed E-state index contributed by atoms with van der Waals surface area (Å²) in [6.07, 6.45) is 7.60. The van der Waals surface area contributed by atoms with Gasteiger partial charge < -0.3 is 28.5 Å². The van der Waals surface area contributed by atoms with Crippen molar-refractivity contribution in [3.8, 4) is 5.75 Å². The number of ether oxygens (including phenoxy) is 4. The second-order valence-electron chi connectivity index (χ2n) is 16.1. The Morgan fingerprint density at radius 3 is 2.30 bits per heavy atom.